The number of nitrogens with one attached hydrogen (secondary N) is 1. The number of hydrogen-bond donors (Lipinski definition) is 1. The van der Waals surface area contributed by atoms with Gasteiger partial charge in [0.2, 0.25) is 0 Å². The molecule has 2 rings (SSSR count). The van der Waals surface area contributed by atoms with E-state index in [1.54, 1.807) is 24.3 Å². The molecule has 0 heterocycles. The van der Waals surface area contributed by atoms with Gasteiger partial charge in [0.15, 0.2) is 0 Å². The minimum absolute atomic E-state index is 0.0944. The van der Waals surface area contributed by atoms with Crippen LogP contribution in [-0.4, -0.2) is 19.1 Å². The number of benzene rings is 2. The number of carbonyl (C=O) groups excluding carboxylic acids is 1. The van der Waals surface area contributed by atoms with Crippen molar-refractivity contribution < 1.29 is 14.3 Å². The van der Waals surface area contributed by atoms with Crippen LogP contribution >= 0.6 is 39.1 Å². The van der Waals surface area contributed by atoms with E-state index in [1.807, 2.05) is 19.9 Å². The summed E-state index contributed by atoms with van der Waals surface area (Å²) in [5, 5.41) is 12.8. The van der Waals surface area contributed by atoms with Crippen LogP contribution < -0.4 is 14.8 Å². The molecule has 146 valence electrons. The average molecular weight is 484 g/mol. The molecule has 0 aliphatic carbocycles. The molecule has 0 saturated carbocycles. The summed E-state index contributed by atoms with van der Waals surface area (Å²) in [4.78, 5) is 12.5. The van der Waals surface area contributed by atoms with Gasteiger partial charge in [-0.3, -0.25) is 4.79 Å². The van der Waals surface area contributed by atoms with Gasteiger partial charge in [0.1, 0.15) is 23.1 Å². The maximum absolute atomic E-state index is 12.5. The number of hydrogen-bond acceptors (Lipinski definition) is 4. The molecule has 0 atom stereocenters. The molecule has 0 spiro atoms. The Labute approximate surface area is 182 Å². The van der Waals surface area contributed by atoms with Gasteiger partial charge in [0.05, 0.1) is 27.7 Å². The van der Waals surface area contributed by atoms with E-state index in [-0.39, 0.29) is 5.57 Å². The molecular weight excluding hydrogens is 467 g/mol. The van der Waals surface area contributed by atoms with Gasteiger partial charge in [0.25, 0.3) is 5.91 Å². The number of nitrogens with zero attached hydrogens (tertiary/aromatic N) is 1. The zero-order chi connectivity index (χ0) is 20.7. The van der Waals surface area contributed by atoms with Crippen molar-refractivity contribution in [2.75, 3.05) is 18.5 Å². The SMILES string of the molecule is CCOc1cc(OCC)c(/C=C(\C#N)C(=O)Nc2ccc(Cl)c(Cl)c2)cc1Br. The largest absolute Gasteiger partial charge is 0.493 e. The Morgan fingerprint density at radius 2 is 1.82 bits per heavy atom. The molecule has 0 radical (unpaired) electrons. The number of nitriles is 1. The summed E-state index contributed by atoms with van der Waals surface area (Å²) in [6.45, 7) is 4.64. The van der Waals surface area contributed by atoms with E-state index in [2.05, 4.69) is 21.2 Å². The maximum atomic E-state index is 12.5. The number of amides is 1. The Morgan fingerprint density at radius 3 is 2.43 bits per heavy atom. The summed E-state index contributed by atoms with van der Waals surface area (Å²) in [7, 11) is 0. The lowest BCUT2D eigenvalue weighted by molar-refractivity contribution is -0.112. The fraction of sp³-hybridized carbons (Fsp3) is 0.200. The van der Waals surface area contributed by atoms with Crippen LogP contribution in [0.2, 0.25) is 10.0 Å². The van der Waals surface area contributed by atoms with Crippen LogP contribution in [0, 0.1) is 11.3 Å². The lowest BCUT2D eigenvalue weighted by atomic mass is 10.1. The Hall–Kier alpha value is -2.20. The van der Waals surface area contributed by atoms with Gasteiger partial charge in [0, 0.05) is 17.3 Å². The monoisotopic (exact) mass is 482 g/mol. The highest BCUT2D eigenvalue weighted by Crippen LogP contribution is 2.34. The molecule has 2 aromatic carbocycles. The quantitative estimate of drug-likeness (QED) is 0.381. The first-order valence-corrected chi connectivity index (χ1v) is 9.91. The highest BCUT2D eigenvalue weighted by Gasteiger charge is 2.14. The van der Waals surface area contributed by atoms with Crippen LogP contribution in [0.1, 0.15) is 19.4 Å². The molecule has 0 bridgehead atoms. The zero-order valence-electron chi connectivity index (χ0n) is 15.2. The predicted molar refractivity (Wildman–Crippen MR) is 115 cm³/mol. The Morgan fingerprint density at radius 1 is 1.14 bits per heavy atom. The van der Waals surface area contributed by atoms with Crippen LogP contribution in [0.5, 0.6) is 11.5 Å². The molecular formula is C20H17BrCl2N2O3. The molecule has 0 aliphatic rings. The first-order chi connectivity index (χ1) is 13.4. The third-order valence-corrected chi connectivity index (χ3v) is 4.87. The van der Waals surface area contributed by atoms with Gasteiger partial charge in [-0.2, -0.15) is 5.26 Å². The van der Waals surface area contributed by atoms with Crippen molar-refractivity contribution in [2.45, 2.75) is 13.8 Å². The number of carbonyl (C=O) groups is 1. The molecule has 1 N–H and O–H groups in total. The van der Waals surface area contributed by atoms with Gasteiger partial charge in [-0.1, -0.05) is 23.2 Å². The minimum atomic E-state index is -0.576. The number of halogens is 3. The molecule has 8 heteroatoms. The molecule has 28 heavy (non-hydrogen) atoms. The molecule has 0 saturated heterocycles. The Kier molecular flexibility index (Phi) is 8.18. The Bertz CT molecular complexity index is 955. The van der Waals surface area contributed by atoms with Gasteiger partial charge < -0.3 is 14.8 Å². The molecule has 0 aromatic heterocycles. The first kappa shape index (κ1) is 22.1. The number of ether oxygens (including phenoxy) is 2. The van der Waals surface area contributed by atoms with Gasteiger partial charge >= 0.3 is 0 Å². The lowest BCUT2D eigenvalue weighted by Crippen LogP contribution is -2.13. The van der Waals surface area contributed by atoms with E-state index in [0.29, 0.717) is 50.5 Å². The van der Waals surface area contributed by atoms with Crippen molar-refractivity contribution in [3.8, 4) is 17.6 Å². The smallest absolute Gasteiger partial charge is 0.266 e. The molecule has 0 unspecified atom stereocenters. The second-order valence-corrected chi connectivity index (χ2v) is 7.11. The van der Waals surface area contributed by atoms with Crippen LogP contribution in [0.3, 0.4) is 0 Å². The van der Waals surface area contributed by atoms with E-state index in [9.17, 15) is 10.1 Å². The standard InChI is InChI=1S/C20H17BrCl2N2O3/c1-3-27-18-10-19(28-4-2)15(21)8-12(18)7-13(11-24)20(26)25-14-5-6-16(22)17(23)9-14/h5-10H,3-4H2,1-2H3,(H,25,26)/b13-7+. The summed E-state index contributed by atoms with van der Waals surface area (Å²) in [5.41, 5.74) is 0.902. The fourth-order valence-electron chi connectivity index (χ4n) is 2.29. The van der Waals surface area contributed by atoms with Crippen LogP contribution in [-0.2, 0) is 4.79 Å². The first-order valence-electron chi connectivity index (χ1n) is 8.36. The topological polar surface area (TPSA) is 71.3 Å². The second-order valence-electron chi connectivity index (χ2n) is 5.44. The van der Waals surface area contributed by atoms with Crippen molar-refractivity contribution in [1.82, 2.24) is 0 Å². The summed E-state index contributed by atoms with van der Waals surface area (Å²) in [6, 6.07) is 10.0. The highest BCUT2D eigenvalue weighted by molar-refractivity contribution is 9.10. The van der Waals surface area contributed by atoms with Crippen molar-refractivity contribution in [1.29, 1.82) is 5.26 Å². The Balaban J connectivity index is 2.36. The molecule has 0 fully saturated rings. The minimum Gasteiger partial charge on any atom is -0.493 e. The third kappa shape index (κ3) is 5.65. The van der Waals surface area contributed by atoms with Crippen molar-refractivity contribution in [3.63, 3.8) is 0 Å². The molecule has 1 amide bonds. The summed E-state index contributed by atoms with van der Waals surface area (Å²) < 4.78 is 11.9. The van der Waals surface area contributed by atoms with Crippen molar-refractivity contribution in [2.24, 2.45) is 0 Å². The van der Waals surface area contributed by atoms with Gasteiger partial charge in [-0.25, -0.2) is 0 Å². The summed E-state index contributed by atoms with van der Waals surface area (Å²) in [5.74, 6) is 0.541. The summed E-state index contributed by atoms with van der Waals surface area (Å²) >= 11 is 15.3. The van der Waals surface area contributed by atoms with Crippen LogP contribution in [0.15, 0.2) is 40.4 Å². The molecule has 5 nitrogen and oxygen atoms in total. The predicted octanol–water partition coefficient (Wildman–Crippen LogP) is 6.10. The van der Waals surface area contributed by atoms with E-state index in [4.69, 9.17) is 32.7 Å². The fourth-order valence-corrected chi connectivity index (χ4v) is 3.06. The van der Waals surface area contributed by atoms with E-state index in [0.717, 1.165) is 0 Å². The highest BCUT2D eigenvalue weighted by atomic mass is 79.9. The van der Waals surface area contributed by atoms with E-state index >= 15 is 0 Å². The van der Waals surface area contributed by atoms with Crippen LogP contribution in [0.25, 0.3) is 6.08 Å². The van der Waals surface area contributed by atoms with E-state index in [1.165, 1.54) is 12.1 Å². The molecule has 0 aliphatic heterocycles. The average Bonchev–Trinajstić information content (AvgIpc) is 2.66. The second kappa shape index (κ2) is 10.4. The van der Waals surface area contributed by atoms with Crippen molar-refractivity contribution >= 4 is 56.8 Å². The number of anilines is 1. The maximum Gasteiger partial charge on any atom is 0.266 e. The third-order valence-electron chi connectivity index (χ3n) is 3.51. The van der Waals surface area contributed by atoms with Gasteiger partial charge in [-0.05, 0) is 60.1 Å². The molecule has 2 aromatic rings. The number of rotatable bonds is 7. The van der Waals surface area contributed by atoms with E-state index < -0.39 is 5.91 Å². The van der Waals surface area contributed by atoms with Gasteiger partial charge in [-0.15, -0.1) is 0 Å². The normalized spacial score (nSPS) is 10.9. The summed E-state index contributed by atoms with van der Waals surface area (Å²) in [6.07, 6.45) is 1.46. The van der Waals surface area contributed by atoms with Crippen molar-refractivity contribution in [3.05, 3.63) is 56.0 Å². The zero-order valence-corrected chi connectivity index (χ0v) is 18.3. The lowest BCUT2D eigenvalue weighted by Gasteiger charge is -2.13. The van der Waals surface area contributed by atoms with Crippen LogP contribution in [0.4, 0.5) is 5.69 Å².